The Labute approximate surface area is 151 Å². The van der Waals surface area contributed by atoms with E-state index in [0.717, 1.165) is 17.5 Å². The summed E-state index contributed by atoms with van der Waals surface area (Å²) in [6.45, 7) is 2.22. The van der Waals surface area contributed by atoms with Gasteiger partial charge < -0.3 is 0 Å². The minimum absolute atomic E-state index is 0.937. The Morgan fingerprint density at radius 1 is 1.04 bits per heavy atom. The van der Waals surface area contributed by atoms with E-state index in [2.05, 4.69) is 72.4 Å². The molecule has 0 radical (unpaired) electrons. The molecule has 0 atom stereocenters. The average molecular weight is 342 g/mol. The van der Waals surface area contributed by atoms with Gasteiger partial charge in [-0.3, -0.25) is 4.68 Å². The molecular weight excluding hydrogens is 324 g/mol. The summed E-state index contributed by atoms with van der Waals surface area (Å²) in [5, 5.41) is 5.46. The summed E-state index contributed by atoms with van der Waals surface area (Å²) in [4.78, 5) is 1.41. The van der Waals surface area contributed by atoms with E-state index in [-0.39, 0.29) is 0 Å². The summed E-state index contributed by atoms with van der Waals surface area (Å²) in [6.07, 6.45) is 4.77. The van der Waals surface area contributed by atoms with Gasteiger partial charge in [0, 0.05) is 39.3 Å². The van der Waals surface area contributed by atoms with Gasteiger partial charge in [-0.2, -0.15) is 5.10 Å². The van der Waals surface area contributed by atoms with Crippen molar-refractivity contribution in [3.05, 3.63) is 76.9 Å². The number of hydrogen-bond donors (Lipinski definition) is 0. The molecule has 0 aliphatic heterocycles. The molecule has 3 heteroatoms. The van der Waals surface area contributed by atoms with Crippen LogP contribution < -0.4 is 0 Å². The molecule has 0 aliphatic rings. The third-order valence-corrected chi connectivity index (χ3v) is 5.52. The molecule has 0 saturated heterocycles. The van der Waals surface area contributed by atoms with E-state index in [9.17, 15) is 0 Å². The minimum atomic E-state index is 0.937. The normalized spacial score (nSPS) is 10.6. The predicted molar refractivity (Wildman–Crippen MR) is 106 cm³/mol. The zero-order chi connectivity index (χ0) is 17.2. The molecular formula is C22H18N2S. The number of aromatic nitrogens is 2. The molecule has 2 nitrogen and oxygen atoms in total. The van der Waals surface area contributed by atoms with Gasteiger partial charge in [0.15, 0.2) is 0 Å². The van der Waals surface area contributed by atoms with Gasteiger partial charge in [0.1, 0.15) is 0 Å². The lowest BCUT2D eigenvalue weighted by Crippen LogP contribution is -1.84. The van der Waals surface area contributed by atoms with Gasteiger partial charge in [-0.15, -0.1) is 11.3 Å². The van der Waals surface area contributed by atoms with Gasteiger partial charge in [0.2, 0.25) is 0 Å². The van der Waals surface area contributed by atoms with Crippen molar-refractivity contribution in [3.8, 4) is 23.0 Å². The van der Waals surface area contributed by atoms with Crippen molar-refractivity contribution in [1.82, 2.24) is 9.78 Å². The van der Waals surface area contributed by atoms with E-state index in [1.54, 1.807) is 10.9 Å². The third kappa shape index (κ3) is 2.97. The standard InChI is InChI=1S/C22H18N2S/c1-3-19-21(17-8-5-4-6-9-17)22-18(10-7-11-20(22)25-19)13-12-16-14-23-24(2)15-16/h4-11,14-15H,3H2,1-2H3. The van der Waals surface area contributed by atoms with E-state index in [1.165, 1.54) is 26.1 Å². The zero-order valence-corrected chi connectivity index (χ0v) is 15.1. The number of thiophene rings is 1. The van der Waals surface area contributed by atoms with Crippen molar-refractivity contribution in [2.75, 3.05) is 0 Å². The highest BCUT2D eigenvalue weighted by molar-refractivity contribution is 7.19. The highest BCUT2D eigenvalue weighted by Crippen LogP contribution is 2.40. The molecule has 0 unspecified atom stereocenters. The second-order valence-electron chi connectivity index (χ2n) is 5.95. The molecule has 4 rings (SSSR count). The van der Waals surface area contributed by atoms with Gasteiger partial charge in [-0.25, -0.2) is 0 Å². The smallest absolute Gasteiger partial charge is 0.0646 e. The van der Waals surface area contributed by atoms with Crippen LogP contribution in [0.1, 0.15) is 22.9 Å². The lowest BCUT2D eigenvalue weighted by Gasteiger charge is -2.05. The fraction of sp³-hybridized carbons (Fsp3) is 0.136. The van der Waals surface area contributed by atoms with Gasteiger partial charge in [-0.05, 0) is 24.1 Å². The largest absolute Gasteiger partial charge is 0.275 e. The predicted octanol–water partition coefficient (Wildman–Crippen LogP) is 5.26. The minimum Gasteiger partial charge on any atom is -0.275 e. The van der Waals surface area contributed by atoms with E-state index in [4.69, 9.17) is 0 Å². The highest BCUT2D eigenvalue weighted by Gasteiger charge is 2.15. The number of rotatable bonds is 2. The van der Waals surface area contributed by atoms with Crippen LogP contribution in [0.2, 0.25) is 0 Å². The van der Waals surface area contributed by atoms with Crippen LogP contribution in [-0.4, -0.2) is 9.78 Å². The fourth-order valence-corrected chi connectivity index (χ4v) is 4.28. The molecule has 0 bridgehead atoms. The first-order valence-electron chi connectivity index (χ1n) is 8.36. The summed E-state index contributed by atoms with van der Waals surface area (Å²) < 4.78 is 3.08. The van der Waals surface area contributed by atoms with Crippen molar-refractivity contribution < 1.29 is 0 Å². The van der Waals surface area contributed by atoms with Gasteiger partial charge >= 0.3 is 0 Å². The van der Waals surface area contributed by atoms with Crippen molar-refractivity contribution >= 4 is 21.4 Å². The third-order valence-electron chi connectivity index (χ3n) is 4.22. The van der Waals surface area contributed by atoms with Crippen molar-refractivity contribution in [1.29, 1.82) is 0 Å². The summed E-state index contributed by atoms with van der Waals surface area (Å²) in [5.74, 6) is 6.62. The first kappa shape index (κ1) is 15.7. The fourth-order valence-electron chi connectivity index (χ4n) is 3.09. The van der Waals surface area contributed by atoms with Crippen LogP contribution in [-0.2, 0) is 13.5 Å². The maximum Gasteiger partial charge on any atom is 0.0646 e. The molecule has 0 spiro atoms. The second kappa shape index (κ2) is 6.58. The van der Waals surface area contributed by atoms with Gasteiger partial charge in [0.05, 0.1) is 11.8 Å². The molecule has 25 heavy (non-hydrogen) atoms. The van der Waals surface area contributed by atoms with E-state index in [1.807, 2.05) is 24.6 Å². The van der Waals surface area contributed by atoms with E-state index >= 15 is 0 Å². The second-order valence-corrected chi connectivity index (χ2v) is 7.09. The van der Waals surface area contributed by atoms with E-state index in [0.29, 0.717) is 0 Å². The lowest BCUT2D eigenvalue weighted by atomic mass is 9.98. The van der Waals surface area contributed by atoms with Crippen LogP contribution in [0.3, 0.4) is 0 Å². The number of hydrogen-bond acceptors (Lipinski definition) is 2. The van der Waals surface area contributed by atoms with Crippen LogP contribution >= 0.6 is 11.3 Å². The Kier molecular flexibility index (Phi) is 4.13. The zero-order valence-electron chi connectivity index (χ0n) is 14.3. The van der Waals surface area contributed by atoms with E-state index < -0.39 is 0 Å². The van der Waals surface area contributed by atoms with Crippen molar-refractivity contribution in [2.45, 2.75) is 13.3 Å². The van der Waals surface area contributed by atoms with Crippen molar-refractivity contribution in [2.24, 2.45) is 7.05 Å². The Hall–Kier alpha value is -2.83. The molecule has 0 aliphatic carbocycles. The quantitative estimate of drug-likeness (QED) is 0.454. The van der Waals surface area contributed by atoms with Crippen molar-refractivity contribution in [3.63, 3.8) is 0 Å². The lowest BCUT2D eigenvalue weighted by molar-refractivity contribution is 0.767. The SMILES string of the molecule is CCc1sc2cccc(C#Cc3cnn(C)c3)c2c1-c1ccccc1. The number of aryl methyl sites for hydroxylation is 2. The molecule has 122 valence electrons. The summed E-state index contributed by atoms with van der Waals surface area (Å²) in [7, 11) is 1.91. The first-order valence-corrected chi connectivity index (χ1v) is 9.18. The maximum absolute atomic E-state index is 4.19. The molecule has 4 aromatic rings. The topological polar surface area (TPSA) is 17.8 Å². The maximum atomic E-state index is 4.19. The molecule has 0 saturated carbocycles. The Morgan fingerprint density at radius 2 is 1.88 bits per heavy atom. The van der Waals surface area contributed by atoms with Crippen LogP contribution in [0, 0.1) is 11.8 Å². The number of nitrogens with zero attached hydrogens (tertiary/aromatic N) is 2. The highest BCUT2D eigenvalue weighted by atomic mass is 32.1. The van der Waals surface area contributed by atoms with Crippen LogP contribution in [0.4, 0.5) is 0 Å². The summed E-state index contributed by atoms with van der Waals surface area (Å²) >= 11 is 1.87. The van der Waals surface area contributed by atoms with Crippen LogP contribution in [0.15, 0.2) is 60.9 Å². The van der Waals surface area contributed by atoms with Crippen LogP contribution in [0.5, 0.6) is 0 Å². The Bertz CT molecular complexity index is 1090. The Morgan fingerprint density at radius 3 is 2.60 bits per heavy atom. The van der Waals surface area contributed by atoms with Gasteiger partial charge in [0.25, 0.3) is 0 Å². The molecule has 2 aromatic heterocycles. The summed E-state index contributed by atoms with van der Waals surface area (Å²) in [6, 6.07) is 17.0. The monoisotopic (exact) mass is 342 g/mol. The average Bonchev–Trinajstić information content (AvgIpc) is 3.24. The molecule has 0 amide bonds. The van der Waals surface area contributed by atoms with Crippen LogP contribution in [0.25, 0.3) is 21.2 Å². The molecule has 2 aromatic carbocycles. The Balaban J connectivity index is 1.94. The summed E-state index contributed by atoms with van der Waals surface area (Å²) in [5.41, 5.74) is 4.61. The molecule has 2 heterocycles. The number of benzene rings is 2. The molecule has 0 N–H and O–H groups in total. The molecule has 0 fully saturated rings. The first-order chi connectivity index (χ1) is 12.3. The van der Waals surface area contributed by atoms with Gasteiger partial charge in [-0.1, -0.05) is 55.2 Å². The number of fused-ring (bicyclic) bond motifs is 1.